The average Bonchev–Trinajstić information content (AvgIpc) is 3.46. The first-order valence-corrected chi connectivity index (χ1v) is 16.4. The third-order valence-corrected chi connectivity index (χ3v) is 8.55. The van der Waals surface area contributed by atoms with Gasteiger partial charge < -0.3 is 10.6 Å². The zero-order valence-corrected chi connectivity index (χ0v) is 30.3. The molecule has 4 aromatic rings. The Bertz CT molecular complexity index is 1520. The standard InChI is InChI=1S/2C18H24ClN3O/c2*1-6-14-15(19)16(22(5)21-14)17(23)20-11-12-7-9-13(10-8-12)18(2,3)4/h2*7-10H,6,11H2,1-5H3,(H,20,23). The molecular weight excluding hydrogens is 619 g/mol. The number of benzene rings is 2. The van der Waals surface area contributed by atoms with E-state index in [0.29, 0.717) is 47.4 Å². The van der Waals surface area contributed by atoms with E-state index < -0.39 is 0 Å². The molecule has 0 unspecified atom stereocenters. The molecule has 2 amide bonds. The van der Waals surface area contributed by atoms with Gasteiger partial charge in [-0.2, -0.15) is 10.2 Å². The first kappa shape index (κ1) is 36.8. The zero-order chi connectivity index (χ0) is 34.4. The van der Waals surface area contributed by atoms with Crippen molar-refractivity contribution in [3.63, 3.8) is 0 Å². The van der Waals surface area contributed by atoms with Crippen molar-refractivity contribution in [3.05, 3.63) is 104 Å². The Balaban J connectivity index is 0.000000250. The minimum atomic E-state index is -0.204. The maximum atomic E-state index is 12.4. The number of amides is 2. The normalized spacial score (nSPS) is 11.6. The van der Waals surface area contributed by atoms with Crippen molar-refractivity contribution in [1.29, 1.82) is 0 Å². The van der Waals surface area contributed by atoms with Gasteiger partial charge in [0.2, 0.25) is 0 Å². The summed E-state index contributed by atoms with van der Waals surface area (Å²) in [6.07, 6.45) is 1.41. The minimum absolute atomic E-state index is 0.126. The molecule has 0 fully saturated rings. The first-order chi connectivity index (χ1) is 21.5. The van der Waals surface area contributed by atoms with Crippen LogP contribution in [0.15, 0.2) is 48.5 Å². The fraction of sp³-hybridized carbons (Fsp3) is 0.444. The summed E-state index contributed by atoms with van der Waals surface area (Å²) in [6, 6.07) is 16.6. The van der Waals surface area contributed by atoms with Gasteiger partial charge in [-0.15, -0.1) is 0 Å². The Labute approximate surface area is 283 Å². The fourth-order valence-corrected chi connectivity index (χ4v) is 5.59. The molecular formula is C36H48Cl2N6O2. The lowest BCUT2D eigenvalue weighted by Crippen LogP contribution is -2.25. The largest absolute Gasteiger partial charge is 0.347 e. The third-order valence-electron chi connectivity index (χ3n) is 7.76. The van der Waals surface area contributed by atoms with Crippen molar-refractivity contribution in [2.45, 2.75) is 92.2 Å². The summed E-state index contributed by atoms with van der Waals surface area (Å²) in [7, 11) is 3.47. The Morgan fingerprint density at radius 1 is 0.630 bits per heavy atom. The fourth-order valence-electron chi connectivity index (χ4n) is 4.83. The minimum Gasteiger partial charge on any atom is -0.347 e. The lowest BCUT2D eigenvalue weighted by Gasteiger charge is -2.19. The van der Waals surface area contributed by atoms with Gasteiger partial charge in [-0.3, -0.25) is 19.0 Å². The van der Waals surface area contributed by atoms with E-state index in [0.717, 1.165) is 22.5 Å². The summed E-state index contributed by atoms with van der Waals surface area (Å²) >= 11 is 12.5. The topological polar surface area (TPSA) is 93.8 Å². The van der Waals surface area contributed by atoms with Crippen LogP contribution in [0.2, 0.25) is 10.0 Å². The van der Waals surface area contributed by atoms with Crippen LogP contribution in [-0.4, -0.2) is 31.4 Å². The molecule has 2 aromatic heterocycles. The van der Waals surface area contributed by atoms with Crippen LogP contribution in [0.4, 0.5) is 0 Å². The highest BCUT2D eigenvalue weighted by atomic mass is 35.5. The van der Waals surface area contributed by atoms with E-state index in [9.17, 15) is 9.59 Å². The maximum Gasteiger partial charge on any atom is 0.271 e. The quantitative estimate of drug-likeness (QED) is 0.201. The van der Waals surface area contributed by atoms with Crippen molar-refractivity contribution in [2.75, 3.05) is 0 Å². The van der Waals surface area contributed by atoms with E-state index in [2.05, 4.69) is 86.6 Å². The summed E-state index contributed by atoms with van der Waals surface area (Å²) in [5.74, 6) is -0.408. The predicted molar refractivity (Wildman–Crippen MR) is 188 cm³/mol. The Morgan fingerprint density at radius 3 is 1.17 bits per heavy atom. The monoisotopic (exact) mass is 666 g/mol. The number of carbonyl (C=O) groups excluding carboxylic acids is 2. The molecule has 2 heterocycles. The van der Waals surface area contributed by atoms with Crippen LogP contribution >= 0.6 is 23.2 Å². The predicted octanol–water partition coefficient (Wildman–Crippen LogP) is 7.73. The van der Waals surface area contributed by atoms with E-state index >= 15 is 0 Å². The molecule has 46 heavy (non-hydrogen) atoms. The van der Waals surface area contributed by atoms with Gasteiger partial charge in [-0.25, -0.2) is 0 Å². The summed E-state index contributed by atoms with van der Waals surface area (Å²) in [4.78, 5) is 24.7. The van der Waals surface area contributed by atoms with Gasteiger partial charge in [-0.1, -0.05) is 127 Å². The SMILES string of the molecule is CCc1nn(C)c(C(=O)NCc2ccc(C(C)(C)C)cc2)c1Cl.CCc1nn(C)c(C(=O)NCc2ccc(C(C)(C)C)cc2)c1Cl. The second-order valence-corrected chi connectivity index (χ2v) is 14.2. The number of hydrogen-bond acceptors (Lipinski definition) is 4. The lowest BCUT2D eigenvalue weighted by molar-refractivity contribution is 0.0933. The van der Waals surface area contributed by atoms with Gasteiger partial charge in [0, 0.05) is 27.2 Å². The molecule has 10 heteroatoms. The van der Waals surface area contributed by atoms with E-state index in [-0.39, 0.29) is 22.6 Å². The molecule has 248 valence electrons. The Kier molecular flexibility index (Phi) is 12.3. The Morgan fingerprint density at radius 2 is 0.935 bits per heavy atom. The van der Waals surface area contributed by atoms with Crippen LogP contribution in [-0.2, 0) is 50.9 Å². The molecule has 8 nitrogen and oxygen atoms in total. The van der Waals surface area contributed by atoms with Gasteiger partial charge in [0.15, 0.2) is 0 Å². The number of carbonyl (C=O) groups is 2. The molecule has 2 aromatic carbocycles. The van der Waals surface area contributed by atoms with Crippen LogP contribution in [0.3, 0.4) is 0 Å². The van der Waals surface area contributed by atoms with Crippen molar-refractivity contribution in [1.82, 2.24) is 30.2 Å². The highest BCUT2D eigenvalue weighted by molar-refractivity contribution is 6.34. The summed E-state index contributed by atoms with van der Waals surface area (Å²) < 4.78 is 3.08. The van der Waals surface area contributed by atoms with E-state index in [1.165, 1.54) is 11.1 Å². The molecule has 0 radical (unpaired) electrons. The second-order valence-electron chi connectivity index (χ2n) is 13.4. The molecule has 0 aliphatic rings. The molecule has 2 N–H and O–H groups in total. The van der Waals surface area contributed by atoms with Gasteiger partial charge in [0.05, 0.1) is 21.4 Å². The number of halogens is 2. The number of nitrogens with zero attached hydrogens (tertiary/aromatic N) is 4. The summed E-state index contributed by atoms with van der Waals surface area (Å²) in [5.41, 5.74) is 7.22. The smallest absolute Gasteiger partial charge is 0.271 e. The molecule has 0 spiro atoms. The van der Waals surface area contributed by atoms with Crippen molar-refractivity contribution in [2.24, 2.45) is 14.1 Å². The van der Waals surface area contributed by atoms with Crippen LogP contribution < -0.4 is 10.6 Å². The number of hydrogen-bond donors (Lipinski definition) is 2. The highest BCUT2D eigenvalue weighted by Gasteiger charge is 2.21. The zero-order valence-electron chi connectivity index (χ0n) is 28.8. The van der Waals surface area contributed by atoms with Crippen molar-refractivity contribution in [3.8, 4) is 0 Å². The van der Waals surface area contributed by atoms with E-state index in [1.807, 2.05) is 38.1 Å². The van der Waals surface area contributed by atoms with E-state index in [1.54, 1.807) is 23.5 Å². The lowest BCUT2D eigenvalue weighted by atomic mass is 9.87. The molecule has 0 bridgehead atoms. The summed E-state index contributed by atoms with van der Waals surface area (Å²) in [5, 5.41) is 15.2. The number of rotatable bonds is 8. The number of nitrogens with one attached hydrogen (secondary N) is 2. The maximum absolute atomic E-state index is 12.4. The van der Waals surface area contributed by atoms with Gasteiger partial charge in [0.1, 0.15) is 11.4 Å². The first-order valence-electron chi connectivity index (χ1n) is 15.7. The van der Waals surface area contributed by atoms with Gasteiger partial charge >= 0.3 is 0 Å². The number of aromatic nitrogens is 4. The molecule has 0 saturated carbocycles. The van der Waals surface area contributed by atoms with Crippen molar-refractivity contribution >= 4 is 35.0 Å². The number of aryl methyl sites for hydroxylation is 4. The Hall–Kier alpha value is -3.62. The molecule has 0 aliphatic heterocycles. The average molecular weight is 668 g/mol. The van der Waals surface area contributed by atoms with Crippen molar-refractivity contribution < 1.29 is 9.59 Å². The van der Waals surface area contributed by atoms with Gasteiger partial charge in [-0.05, 0) is 45.9 Å². The van der Waals surface area contributed by atoms with Crippen LogP contribution in [0.25, 0.3) is 0 Å². The van der Waals surface area contributed by atoms with Crippen LogP contribution in [0, 0.1) is 0 Å². The van der Waals surface area contributed by atoms with E-state index in [4.69, 9.17) is 23.2 Å². The molecule has 0 atom stereocenters. The summed E-state index contributed by atoms with van der Waals surface area (Å²) in [6.45, 7) is 17.9. The highest BCUT2D eigenvalue weighted by Crippen LogP contribution is 2.24. The van der Waals surface area contributed by atoms with Crippen LogP contribution in [0.5, 0.6) is 0 Å². The molecule has 0 saturated heterocycles. The molecule has 4 rings (SSSR count). The van der Waals surface area contributed by atoms with Crippen LogP contribution in [0.1, 0.15) is 110 Å². The van der Waals surface area contributed by atoms with Gasteiger partial charge in [0.25, 0.3) is 11.8 Å². The second kappa shape index (κ2) is 15.3. The third kappa shape index (κ3) is 9.23. The molecule has 0 aliphatic carbocycles.